The summed E-state index contributed by atoms with van der Waals surface area (Å²) in [6, 6.07) is 6.13. The summed E-state index contributed by atoms with van der Waals surface area (Å²) in [5, 5.41) is 20.1. The molecule has 0 saturated carbocycles. The number of nitrogens with zero attached hydrogens (tertiary/aromatic N) is 1. The lowest BCUT2D eigenvalue weighted by molar-refractivity contribution is 0.426. The molecule has 0 unspecified atom stereocenters. The third kappa shape index (κ3) is 2.75. The van der Waals surface area contributed by atoms with Gasteiger partial charge in [-0.05, 0) is 42.8 Å². The minimum atomic E-state index is -1.42. The zero-order chi connectivity index (χ0) is 15.9. The molecule has 4 heteroatoms. The molecule has 0 atom stereocenters. The second kappa shape index (κ2) is 5.86. The van der Waals surface area contributed by atoms with Crippen LogP contribution >= 0.6 is 0 Å². The highest BCUT2D eigenvalue weighted by Crippen LogP contribution is 2.37. The highest BCUT2D eigenvalue weighted by molar-refractivity contribution is 6.58. The molecule has 0 aliphatic heterocycles. The van der Waals surface area contributed by atoms with Crippen molar-refractivity contribution in [2.24, 2.45) is 0 Å². The van der Waals surface area contributed by atoms with E-state index in [9.17, 15) is 10.0 Å². The fraction of sp³-hybridized carbons (Fsp3) is 0.529. The van der Waals surface area contributed by atoms with Gasteiger partial charge in [0.05, 0.1) is 0 Å². The fourth-order valence-electron chi connectivity index (χ4n) is 3.29. The van der Waals surface area contributed by atoms with Crippen molar-refractivity contribution >= 4 is 23.5 Å². The second-order valence-electron chi connectivity index (χ2n) is 6.72. The lowest BCUT2D eigenvalue weighted by atomic mass is 9.79. The molecule has 1 heterocycles. The van der Waals surface area contributed by atoms with Crippen molar-refractivity contribution in [3.8, 4) is 0 Å². The van der Waals surface area contributed by atoms with Crippen LogP contribution in [0.5, 0.6) is 0 Å². The van der Waals surface area contributed by atoms with Crippen molar-refractivity contribution < 1.29 is 10.0 Å². The Labute approximate surface area is 127 Å². The molecule has 2 aromatic rings. The van der Waals surface area contributed by atoms with Crippen LogP contribution in [0.1, 0.15) is 70.7 Å². The summed E-state index contributed by atoms with van der Waals surface area (Å²) in [4.78, 5) is 0. The summed E-state index contributed by atoms with van der Waals surface area (Å²) in [6.07, 6.45) is 0. The molecule has 21 heavy (non-hydrogen) atoms. The van der Waals surface area contributed by atoms with E-state index in [2.05, 4.69) is 46.1 Å². The number of hydrogen-bond acceptors (Lipinski definition) is 2. The largest absolute Gasteiger partial charge is 0.488 e. The van der Waals surface area contributed by atoms with Crippen molar-refractivity contribution in [3.63, 3.8) is 0 Å². The summed E-state index contributed by atoms with van der Waals surface area (Å²) in [5.74, 6) is 0.829. The third-order valence-corrected chi connectivity index (χ3v) is 4.04. The van der Waals surface area contributed by atoms with Crippen LogP contribution in [0.3, 0.4) is 0 Å². The van der Waals surface area contributed by atoms with Gasteiger partial charge in [-0.3, -0.25) is 0 Å². The number of rotatable bonds is 4. The Morgan fingerprint density at radius 3 is 2.00 bits per heavy atom. The summed E-state index contributed by atoms with van der Waals surface area (Å²) >= 11 is 0. The first-order chi connectivity index (χ1) is 9.75. The Morgan fingerprint density at radius 1 is 0.952 bits per heavy atom. The first kappa shape index (κ1) is 16.1. The molecule has 0 aliphatic carbocycles. The van der Waals surface area contributed by atoms with Crippen LogP contribution in [-0.2, 0) is 0 Å². The minimum absolute atomic E-state index is 0.377. The lowest BCUT2D eigenvalue weighted by Gasteiger charge is -2.19. The summed E-state index contributed by atoms with van der Waals surface area (Å²) in [5.41, 5.74) is 4.43. The van der Waals surface area contributed by atoms with Crippen LogP contribution in [0.2, 0.25) is 0 Å². The van der Waals surface area contributed by atoms with Gasteiger partial charge in [-0.1, -0.05) is 39.8 Å². The average Bonchev–Trinajstić information content (AvgIpc) is 2.72. The molecule has 0 spiro atoms. The normalized spacial score (nSPS) is 12.1. The standard InChI is InChI=1S/C17H26BNO2/c1-10(2)16-14-9-13(18(20)21)7-8-15(14)19(12(5)6)17(16)11(3)4/h7-12,20-21H,1-6H3. The minimum Gasteiger partial charge on any atom is -0.423 e. The lowest BCUT2D eigenvalue weighted by Crippen LogP contribution is -2.29. The molecule has 3 nitrogen and oxygen atoms in total. The molecule has 1 aromatic heterocycles. The maximum absolute atomic E-state index is 9.46. The van der Waals surface area contributed by atoms with E-state index in [4.69, 9.17) is 0 Å². The molecule has 0 saturated heterocycles. The molecular weight excluding hydrogens is 261 g/mol. The topological polar surface area (TPSA) is 45.4 Å². The van der Waals surface area contributed by atoms with Gasteiger partial charge in [0.15, 0.2) is 0 Å². The van der Waals surface area contributed by atoms with Gasteiger partial charge in [0.25, 0.3) is 0 Å². The fourth-order valence-corrected chi connectivity index (χ4v) is 3.29. The van der Waals surface area contributed by atoms with Crippen molar-refractivity contribution in [2.75, 3.05) is 0 Å². The Bertz CT molecular complexity index is 642. The maximum Gasteiger partial charge on any atom is 0.488 e. The molecule has 0 aliphatic rings. The Morgan fingerprint density at radius 2 is 1.57 bits per heavy atom. The Kier molecular flexibility index (Phi) is 4.50. The van der Waals surface area contributed by atoms with Crippen LogP contribution < -0.4 is 5.46 Å². The van der Waals surface area contributed by atoms with Crippen LogP contribution in [0.25, 0.3) is 10.9 Å². The van der Waals surface area contributed by atoms with Gasteiger partial charge < -0.3 is 14.6 Å². The number of fused-ring (bicyclic) bond motifs is 1. The summed E-state index contributed by atoms with van der Waals surface area (Å²) in [6.45, 7) is 13.2. The van der Waals surface area contributed by atoms with Crippen molar-refractivity contribution in [1.82, 2.24) is 4.57 Å². The zero-order valence-electron chi connectivity index (χ0n) is 13.9. The zero-order valence-corrected chi connectivity index (χ0v) is 13.9. The van der Waals surface area contributed by atoms with Gasteiger partial charge in [-0.2, -0.15) is 0 Å². The quantitative estimate of drug-likeness (QED) is 0.848. The molecule has 114 valence electrons. The third-order valence-electron chi connectivity index (χ3n) is 4.04. The highest BCUT2D eigenvalue weighted by Gasteiger charge is 2.24. The smallest absolute Gasteiger partial charge is 0.423 e. The predicted molar refractivity (Wildman–Crippen MR) is 90.3 cm³/mol. The Hall–Kier alpha value is -1.26. The molecule has 0 amide bonds. The van der Waals surface area contributed by atoms with E-state index in [0.717, 1.165) is 5.39 Å². The van der Waals surface area contributed by atoms with E-state index in [1.165, 1.54) is 16.8 Å². The number of aromatic nitrogens is 1. The molecular formula is C17H26BNO2. The van der Waals surface area contributed by atoms with E-state index in [0.29, 0.717) is 23.3 Å². The van der Waals surface area contributed by atoms with E-state index in [1.807, 2.05) is 12.1 Å². The molecule has 2 rings (SSSR count). The number of benzene rings is 1. The van der Waals surface area contributed by atoms with Gasteiger partial charge >= 0.3 is 7.12 Å². The van der Waals surface area contributed by atoms with Crippen LogP contribution in [0.4, 0.5) is 0 Å². The number of hydrogen-bond donors (Lipinski definition) is 2. The Balaban J connectivity index is 2.90. The van der Waals surface area contributed by atoms with Gasteiger partial charge in [-0.15, -0.1) is 0 Å². The maximum atomic E-state index is 9.46. The molecule has 2 N–H and O–H groups in total. The predicted octanol–water partition coefficient (Wildman–Crippen LogP) is 3.15. The van der Waals surface area contributed by atoms with Crippen molar-refractivity contribution in [1.29, 1.82) is 0 Å². The van der Waals surface area contributed by atoms with Gasteiger partial charge in [0.1, 0.15) is 0 Å². The first-order valence-electron chi connectivity index (χ1n) is 7.79. The summed E-state index contributed by atoms with van der Waals surface area (Å²) < 4.78 is 2.39. The molecule has 1 aromatic carbocycles. The second-order valence-corrected chi connectivity index (χ2v) is 6.72. The molecule has 0 bridgehead atoms. The van der Waals surface area contributed by atoms with Crippen molar-refractivity contribution in [3.05, 3.63) is 29.5 Å². The highest BCUT2D eigenvalue weighted by atomic mass is 16.4. The van der Waals surface area contributed by atoms with E-state index in [1.54, 1.807) is 6.07 Å². The van der Waals surface area contributed by atoms with Crippen LogP contribution in [0.15, 0.2) is 18.2 Å². The molecule has 0 fully saturated rings. The summed E-state index contributed by atoms with van der Waals surface area (Å²) in [7, 11) is -1.42. The average molecular weight is 287 g/mol. The van der Waals surface area contributed by atoms with Gasteiger partial charge in [0, 0.05) is 22.6 Å². The SMILES string of the molecule is CC(C)c1c(C(C)C)n(C(C)C)c2ccc(B(O)O)cc12. The van der Waals surface area contributed by atoms with Crippen molar-refractivity contribution in [2.45, 2.75) is 59.4 Å². The van der Waals surface area contributed by atoms with Crippen LogP contribution in [0, 0.1) is 0 Å². The first-order valence-corrected chi connectivity index (χ1v) is 7.79. The van der Waals surface area contributed by atoms with Gasteiger partial charge in [0.2, 0.25) is 0 Å². The molecule has 0 radical (unpaired) electrons. The van der Waals surface area contributed by atoms with Gasteiger partial charge in [-0.25, -0.2) is 0 Å². The van der Waals surface area contributed by atoms with E-state index >= 15 is 0 Å². The van der Waals surface area contributed by atoms with E-state index < -0.39 is 7.12 Å². The van der Waals surface area contributed by atoms with Crippen LogP contribution in [-0.4, -0.2) is 21.7 Å². The monoisotopic (exact) mass is 287 g/mol. The van der Waals surface area contributed by atoms with E-state index in [-0.39, 0.29) is 0 Å².